The van der Waals surface area contributed by atoms with Crippen molar-refractivity contribution in [1.29, 1.82) is 0 Å². The van der Waals surface area contributed by atoms with E-state index in [1.54, 1.807) is 0 Å². The van der Waals surface area contributed by atoms with Crippen molar-refractivity contribution in [2.45, 2.75) is 30.6 Å². The number of rotatable bonds is 4. The Bertz CT molecular complexity index is 453. The molecule has 2 rings (SSSR count). The predicted octanol–water partition coefficient (Wildman–Crippen LogP) is 2.06. The monoisotopic (exact) mass is 267 g/mol. The zero-order chi connectivity index (χ0) is 13.1. The standard InChI is InChI=1S/C12H17N3O2S/c1-18-9-4-2-3-8(9)15-11-10(13)7(12(16)17)5-6-14-11/h5-6,8-9H,2-4,13H2,1H3,(H,14,15)(H,16,17). The van der Waals surface area contributed by atoms with Crippen LogP contribution in [0.3, 0.4) is 0 Å². The fourth-order valence-corrected chi connectivity index (χ4v) is 3.26. The quantitative estimate of drug-likeness (QED) is 0.774. The van der Waals surface area contributed by atoms with Crippen molar-refractivity contribution in [3.05, 3.63) is 17.8 Å². The first-order chi connectivity index (χ1) is 8.63. The van der Waals surface area contributed by atoms with Crippen molar-refractivity contribution in [2.75, 3.05) is 17.3 Å². The van der Waals surface area contributed by atoms with Crippen LogP contribution in [0.4, 0.5) is 11.5 Å². The minimum Gasteiger partial charge on any atom is -0.478 e. The third-order valence-corrected chi connectivity index (χ3v) is 4.47. The summed E-state index contributed by atoms with van der Waals surface area (Å²) in [4.78, 5) is 15.1. The van der Waals surface area contributed by atoms with Gasteiger partial charge in [-0.3, -0.25) is 0 Å². The molecule has 1 heterocycles. The number of hydrogen-bond acceptors (Lipinski definition) is 5. The van der Waals surface area contributed by atoms with Gasteiger partial charge in [0, 0.05) is 17.5 Å². The van der Waals surface area contributed by atoms with Gasteiger partial charge in [-0.25, -0.2) is 9.78 Å². The zero-order valence-corrected chi connectivity index (χ0v) is 11.0. The van der Waals surface area contributed by atoms with Crippen LogP contribution in [-0.2, 0) is 0 Å². The van der Waals surface area contributed by atoms with Crippen molar-refractivity contribution in [2.24, 2.45) is 0 Å². The average molecular weight is 267 g/mol. The summed E-state index contributed by atoms with van der Waals surface area (Å²) in [6, 6.07) is 1.74. The number of aromatic carboxylic acids is 1. The maximum absolute atomic E-state index is 11.0. The van der Waals surface area contributed by atoms with Crippen LogP contribution in [0.15, 0.2) is 12.3 Å². The molecule has 2 unspecified atom stereocenters. The maximum Gasteiger partial charge on any atom is 0.337 e. The molecule has 6 heteroatoms. The first kappa shape index (κ1) is 13.0. The Morgan fingerprint density at radius 3 is 3.06 bits per heavy atom. The van der Waals surface area contributed by atoms with Crippen LogP contribution in [0.1, 0.15) is 29.6 Å². The number of nitrogen functional groups attached to an aromatic ring is 1. The van der Waals surface area contributed by atoms with E-state index in [9.17, 15) is 4.79 Å². The summed E-state index contributed by atoms with van der Waals surface area (Å²) < 4.78 is 0. The molecule has 1 aromatic heterocycles. The molecule has 1 fully saturated rings. The second-order valence-corrected chi connectivity index (χ2v) is 5.46. The lowest BCUT2D eigenvalue weighted by atomic mass is 10.2. The summed E-state index contributed by atoms with van der Waals surface area (Å²) >= 11 is 1.83. The molecule has 4 N–H and O–H groups in total. The number of carbonyl (C=O) groups is 1. The lowest BCUT2D eigenvalue weighted by molar-refractivity contribution is 0.0698. The SMILES string of the molecule is CSC1CCCC1Nc1nccc(C(=O)O)c1N. The number of thioether (sulfide) groups is 1. The minimum atomic E-state index is -1.02. The van der Waals surface area contributed by atoms with E-state index in [1.165, 1.54) is 25.1 Å². The minimum absolute atomic E-state index is 0.103. The van der Waals surface area contributed by atoms with Crippen molar-refractivity contribution >= 4 is 29.2 Å². The maximum atomic E-state index is 11.0. The molecule has 0 radical (unpaired) electrons. The molecule has 0 aromatic carbocycles. The van der Waals surface area contributed by atoms with Gasteiger partial charge < -0.3 is 16.2 Å². The van der Waals surface area contributed by atoms with E-state index in [0.29, 0.717) is 17.1 Å². The van der Waals surface area contributed by atoms with Crippen molar-refractivity contribution in [3.63, 3.8) is 0 Å². The van der Waals surface area contributed by atoms with E-state index < -0.39 is 5.97 Å². The number of nitrogens with two attached hydrogens (primary N) is 1. The van der Waals surface area contributed by atoms with Gasteiger partial charge in [0.2, 0.25) is 0 Å². The van der Waals surface area contributed by atoms with E-state index in [-0.39, 0.29) is 11.3 Å². The number of nitrogens with one attached hydrogen (secondary N) is 1. The molecule has 98 valence electrons. The fourth-order valence-electron chi connectivity index (χ4n) is 2.32. The van der Waals surface area contributed by atoms with Gasteiger partial charge in [0.15, 0.2) is 0 Å². The average Bonchev–Trinajstić information content (AvgIpc) is 2.78. The fraction of sp³-hybridized carbons (Fsp3) is 0.500. The highest BCUT2D eigenvalue weighted by molar-refractivity contribution is 7.99. The predicted molar refractivity (Wildman–Crippen MR) is 74.2 cm³/mol. The summed E-state index contributed by atoms with van der Waals surface area (Å²) in [5, 5.41) is 12.8. The van der Waals surface area contributed by atoms with E-state index in [2.05, 4.69) is 16.6 Å². The molecule has 0 spiro atoms. The Balaban J connectivity index is 2.19. The van der Waals surface area contributed by atoms with Crippen LogP contribution in [0.2, 0.25) is 0 Å². The van der Waals surface area contributed by atoms with E-state index in [4.69, 9.17) is 10.8 Å². The summed E-state index contributed by atoms with van der Waals surface area (Å²) in [7, 11) is 0. The first-order valence-corrected chi connectivity index (χ1v) is 7.19. The van der Waals surface area contributed by atoms with Crippen molar-refractivity contribution in [1.82, 2.24) is 4.98 Å². The molecule has 0 amide bonds. The number of pyridine rings is 1. The van der Waals surface area contributed by atoms with Gasteiger partial charge >= 0.3 is 5.97 Å². The molecule has 5 nitrogen and oxygen atoms in total. The molecule has 0 aliphatic heterocycles. The smallest absolute Gasteiger partial charge is 0.337 e. The summed E-state index contributed by atoms with van der Waals surface area (Å²) in [6.45, 7) is 0. The van der Waals surface area contributed by atoms with E-state index in [0.717, 1.165) is 6.42 Å². The highest BCUT2D eigenvalue weighted by Gasteiger charge is 2.27. The number of aromatic nitrogens is 1. The molecule has 0 bridgehead atoms. The second kappa shape index (κ2) is 5.48. The summed E-state index contributed by atoms with van der Waals surface area (Å²) in [6.07, 6.45) is 7.00. The molecular weight excluding hydrogens is 250 g/mol. The summed E-state index contributed by atoms with van der Waals surface area (Å²) in [5.41, 5.74) is 6.16. The number of carboxylic acids is 1. The molecular formula is C12H17N3O2S. The van der Waals surface area contributed by atoms with Crippen LogP contribution in [0.5, 0.6) is 0 Å². The molecule has 1 aliphatic carbocycles. The topological polar surface area (TPSA) is 88.2 Å². The molecule has 2 atom stereocenters. The van der Waals surface area contributed by atoms with Gasteiger partial charge in [-0.05, 0) is 25.2 Å². The van der Waals surface area contributed by atoms with E-state index in [1.807, 2.05) is 11.8 Å². The van der Waals surface area contributed by atoms with Crippen LogP contribution in [0, 0.1) is 0 Å². The highest BCUT2D eigenvalue weighted by atomic mass is 32.2. The van der Waals surface area contributed by atoms with Crippen molar-refractivity contribution < 1.29 is 9.90 Å². The largest absolute Gasteiger partial charge is 0.478 e. The van der Waals surface area contributed by atoms with E-state index >= 15 is 0 Å². The number of nitrogens with zero attached hydrogens (tertiary/aromatic N) is 1. The molecule has 1 aliphatic rings. The lowest BCUT2D eigenvalue weighted by Crippen LogP contribution is -2.27. The van der Waals surface area contributed by atoms with Gasteiger partial charge in [0.1, 0.15) is 5.82 Å². The normalized spacial score (nSPS) is 22.9. The van der Waals surface area contributed by atoms with Crippen molar-refractivity contribution in [3.8, 4) is 0 Å². The lowest BCUT2D eigenvalue weighted by Gasteiger charge is -2.21. The highest BCUT2D eigenvalue weighted by Crippen LogP contribution is 2.32. The van der Waals surface area contributed by atoms with Gasteiger partial charge in [-0.15, -0.1) is 0 Å². The third kappa shape index (κ3) is 2.53. The third-order valence-electron chi connectivity index (χ3n) is 3.30. The Morgan fingerprint density at radius 2 is 2.39 bits per heavy atom. The molecule has 0 saturated heterocycles. The number of carboxylic acid groups (broad SMARTS) is 1. The van der Waals surface area contributed by atoms with Crippen LogP contribution in [-0.4, -0.2) is 33.6 Å². The Kier molecular flexibility index (Phi) is 3.96. The Morgan fingerprint density at radius 1 is 1.61 bits per heavy atom. The Labute approximate surface area is 110 Å². The molecule has 1 saturated carbocycles. The summed E-state index contributed by atoms with van der Waals surface area (Å²) in [5.74, 6) is -0.536. The van der Waals surface area contributed by atoms with Crippen LogP contribution >= 0.6 is 11.8 Å². The zero-order valence-electron chi connectivity index (χ0n) is 10.2. The molecule has 18 heavy (non-hydrogen) atoms. The number of anilines is 2. The first-order valence-electron chi connectivity index (χ1n) is 5.90. The van der Waals surface area contributed by atoms with Crippen LogP contribution in [0.25, 0.3) is 0 Å². The van der Waals surface area contributed by atoms with Gasteiger partial charge in [0.05, 0.1) is 11.3 Å². The number of hydrogen-bond donors (Lipinski definition) is 3. The van der Waals surface area contributed by atoms with Crippen LogP contribution < -0.4 is 11.1 Å². The Hall–Kier alpha value is -1.43. The van der Waals surface area contributed by atoms with Gasteiger partial charge in [-0.1, -0.05) is 6.42 Å². The van der Waals surface area contributed by atoms with Gasteiger partial charge in [0.25, 0.3) is 0 Å². The second-order valence-electron chi connectivity index (χ2n) is 4.38. The molecule has 1 aromatic rings. The van der Waals surface area contributed by atoms with Gasteiger partial charge in [-0.2, -0.15) is 11.8 Å².